The number of nitrogens with zero attached hydrogens (tertiary/aromatic N) is 2. The highest BCUT2D eigenvalue weighted by Crippen LogP contribution is 2.28. The SMILES string of the molecule is CN(C)C(=NS(C)(=O)=O)C1CCC(NC(=O)C(NC(=O)c2ccc(Cl)s2)c2ccccc2)CC1. The number of rotatable bonds is 7. The minimum Gasteiger partial charge on any atom is -0.365 e. The van der Waals surface area contributed by atoms with Gasteiger partial charge in [-0.05, 0) is 43.4 Å². The molecule has 1 aromatic heterocycles. The van der Waals surface area contributed by atoms with Crippen molar-refractivity contribution in [3.63, 3.8) is 0 Å². The van der Waals surface area contributed by atoms with Crippen LogP contribution < -0.4 is 10.6 Å². The first kappa shape index (κ1) is 26.2. The van der Waals surface area contributed by atoms with E-state index >= 15 is 0 Å². The van der Waals surface area contributed by atoms with Crippen LogP contribution in [-0.4, -0.2) is 57.4 Å². The van der Waals surface area contributed by atoms with Crippen LogP contribution in [0.15, 0.2) is 46.9 Å². The summed E-state index contributed by atoms with van der Waals surface area (Å²) < 4.78 is 27.8. The molecule has 1 atom stereocenters. The van der Waals surface area contributed by atoms with Crippen LogP contribution in [-0.2, 0) is 14.8 Å². The van der Waals surface area contributed by atoms with E-state index in [1.54, 1.807) is 43.3 Å². The van der Waals surface area contributed by atoms with Crippen LogP contribution in [0.5, 0.6) is 0 Å². The van der Waals surface area contributed by atoms with E-state index in [9.17, 15) is 18.0 Å². The molecule has 3 rings (SSSR count). The smallest absolute Gasteiger partial charge is 0.262 e. The summed E-state index contributed by atoms with van der Waals surface area (Å²) in [6, 6.07) is 11.4. The van der Waals surface area contributed by atoms with Crippen molar-refractivity contribution in [2.45, 2.75) is 37.8 Å². The Morgan fingerprint density at radius 2 is 1.74 bits per heavy atom. The zero-order chi connectivity index (χ0) is 24.9. The summed E-state index contributed by atoms with van der Waals surface area (Å²) >= 11 is 7.11. The van der Waals surface area contributed by atoms with Gasteiger partial charge in [0.2, 0.25) is 5.91 Å². The number of benzene rings is 1. The fourth-order valence-electron chi connectivity index (χ4n) is 4.06. The van der Waals surface area contributed by atoms with Gasteiger partial charge in [0.25, 0.3) is 15.9 Å². The van der Waals surface area contributed by atoms with Gasteiger partial charge in [-0.1, -0.05) is 41.9 Å². The highest BCUT2D eigenvalue weighted by atomic mass is 35.5. The number of hydrogen-bond donors (Lipinski definition) is 2. The first-order valence-corrected chi connectivity index (χ1v) is 14.0. The van der Waals surface area contributed by atoms with E-state index in [1.807, 2.05) is 18.2 Å². The van der Waals surface area contributed by atoms with Gasteiger partial charge in [-0.3, -0.25) is 9.59 Å². The van der Waals surface area contributed by atoms with Crippen LogP contribution >= 0.6 is 22.9 Å². The standard InChI is InChI=1S/C23H29ClN4O4S2/c1-28(2)21(27-34(3,31)32)16-9-11-17(12-10-16)25-23(30)20(15-7-5-4-6-8-15)26-22(29)18-13-14-19(24)33-18/h4-8,13-14,16-17,20H,9-12H2,1-3H3,(H,25,30)(H,26,29). The summed E-state index contributed by atoms with van der Waals surface area (Å²) in [4.78, 5) is 28.1. The maximum absolute atomic E-state index is 13.2. The minimum atomic E-state index is -3.50. The minimum absolute atomic E-state index is 0.00563. The lowest BCUT2D eigenvalue weighted by atomic mass is 9.84. The van der Waals surface area contributed by atoms with Crippen molar-refractivity contribution in [1.29, 1.82) is 0 Å². The molecule has 1 heterocycles. The number of halogens is 1. The van der Waals surface area contributed by atoms with Crippen LogP contribution in [0.3, 0.4) is 0 Å². The second-order valence-electron chi connectivity index (χ2n) is 8.55. The highest BCUT2D eigenvalue weighted by Gasteiger charge is 2.30. The summed E-state index contributed by atoms with van der Waals surface area (Å²) in [7, 11) is 0.0709. The molecule has 1 unspecified atom stereocenters. The largest absolute Gasteiger partial charge is 0.365 e. The molecule has 0 saturated heterocycles. The van der Waals surface area contributed by atoms with Crippen molar-refractivity contribution in [2.75, 3.05) is 20.4 Å². The highest BCUT2D eigenvalue weighted by molar-refractivity contribution is 7.89. The molecular weight excluding hydrogens is 496 g/mol. The Hall–Kier alpha value is -2.43. The van der Waals surface area contributed by atoms with Crippen LogP contribution in [0, 0.1) is 5.92 Å². The fraction of sp³-hybridized carbons (Fsp3) is 0.435. The number of thiophene rings is 1. The average molecular weight is 525 g/mol. The molecular formula is C23H29ClN4O4S2. The Labute approximate surface area is 209 Å². The van der Waals surface area contributed by atoms with Gasteiger partial charge in [0.05, 0.1) is 15.5 Å². The molecule has 1 aliphatic carbocycles. The van der Waals surface area contributed by atoms with Gasteiger partial charge in [-0.25, -0.2) is 8.42 Å². The third-order valence-corrected chi connectivity index (χ3v) is 7.37. The average Bonchev–Trinajstić information content (AvgIpc) is 3.22. The first-order chi connectivity index (χ1) is 16.0. The van der Waals surface area contributed by atoms with Gasteiger partial charge in [-0.2, -0.15) is 4.40 Å². The molecule has 0 radical (unpaired) electrons. The second kappa shape index (κ2) is 11.3. The van der Waals surface area contributed by atoms with E-state index in [2.05, 4.69) is 15.0 Å². The molecule has 0 bridgehead atoms. The number of nitrogens with one attached hydrogen (secondary N) is 2. The number of amidine groups is 1. The molecule has 2 N–H and O–H groups in total. The van der Waals surface area contributed by atoms with E-state index in [1.165, 1.54) is 0 Å². The van der Waals surface area contributed by atoms with Crippen LogP contribution in [0.1, 0.15) is 47.0 Å². The van der Waals surface area contributed by atoms with E-state index in [-0.39, 0.29) is 23.8 Å². The third-order valence-electron chi connectivity index (χ3n) is 5.62. The van der Waals surface area contributed by atoms with Crippen molar-refractivity contribution in [3.05, 3.63) is 57.2 Å². The van der Waals surface area contributed by atoms with Gasteiger partial charge in [0, 0.05) is 26.1 Å². The predicted octanol–water partition coefficient (Wildman–Crippen LogP) is 3.47. The second-order valence-corrected chi connectivity index (χ2v) is 11.9. The molecule has 1 fully saturated rings. The predicted molar refractivity (Wildman–Crippen MR) is 136 cm³/mol. The fourth-order valence-corrected chi connectivity index (χ4v) is 5.65. The number of carbonyl (C=O) groups is 2. The maximum atomic E-state index is 13.2. The molecule has 2 aromatic rings. The lowest BCUT2D eigenvalue weighted by molar-refractivity contribution is -0.124. The molecule has 34 heavy (non-hydrogen) atoms. The topological polar surface area (TPSA) is 108 Å². The van der Waals surface area contributed by atoms with Crippen LogP contribution in [0.2, 0.25) is 4.34 Å². The van der Waals surface area contributed by atoms with Crippen LogP contribution in [0.4, 0.5) is 0 Å². The summed E-state index contributed by atoms with van der Waals surface area (Å²) in [5.41, 5.74) is 0.680. The first-order valence-electron chi connectivity index (χ1n) is 10.9. The van der Waals surface area contributed by atoms with Gasteiger partial charge < -0.3 is 15.5 Å². The zero-order valence-corrected chi connectivity index (χ0v) is 21.7. The quantitative estimate of drug-likeness (QED) is 0.426. The number of sulfonamides is 1. The lowest BCUT2D eigenvalue weighted by Gasteiger charge is -2.32. The summed E-state index contributed by atoms with van der Waals surface area (Å²) in [5, 5.41) is 5.90. The Bertz CT molecular complexity index is 1140. The zero-order valence-electron chi connectivity index (χ0n) is 19.3. The number of amides is 2. The summed E-state index contributed by atoms with van der Waals surface area (Å²) in [6.07, 6.45) is 3.86. The van der Waals surface area contributed by atoms with Gasteiger partial charge >= 0.3 is 0 Å². The number of carbonyl (C=O) groups excluding carboxylic acids is 2. The van der Waals surface area contributed by atoms with E-state index < -0.39 is 16.1 Å². The van der Waals surface area contributed by atoms with Crippen LogP contribution in [0.25, 0.3) is 0 Å². The Kier molecular flexibility index (Phi) is 8.72. The van der Waals surface area contributed by atoms with Crippen molar-refractivity contribution in [3.8, 4) is 0 Å². The Morgan fingerprint density at radius 3 is 2.26 bits per heavy atom. The molecule has 1 aromatic carbocycles. The van der Waals surface area contributed by atoms with Gasteiger partial charge in [0.15, 0.2) is 0 Å². The molecule has 11 heteroatoms. The lowest BCUT2D eigenvalue weighted by Crippen LogP contribution is -2.46. The molecule has 1 aliphatic rings. The summed E-state index contributed by atoms with van der Waals surface area (Å²) in [6.45, 7) is 0. The normalized spacial score (nSPS) is 19.8. The maximum Gasteiger partial charge on any atom is 0.262 e. The Morgan fingerprint density at radius 1 is 1.09 bits per heavy atom. The monoisotopic (exact) mass is 524 g/mol. The molecule has 8 nitrogen and oxygen atoms in total. The van der Waals surface area contributed by atoms with E-state index in [0.717, 1.165) is 17.6 Å². The van der Waals surface area contributed by atoms with Crippen molar-refractivity contribution in [2.24, 2.45) is 10.3 Å². The van der Waals surface area contributed by atoms with Crippen molar-refractivity contribution >= 4 is 50.6 Å². The number of hydrogen-bond acceptors (Lipinski definition) is 5. The third kappa shape index (κ3) is 7.28. The van der Waals surface area contributed by atoms with Crippen molar-refractivity contribution in [1.82, 2.24) is 15.5 Å². The van der Waals surface area contributed by atoms with Gasteiger partial charge in [-0.15, -0.1) is 11.3 Å². The summed E-state index contributed by atoms with van der Waals surface area (Å²) in [5.74, 6) is -0.108. The molecule has 1 saturated carbocycles. The Balaban J connectivity index is 1.68. The molecule has 0 spiro atoms. The molecule has 2 amide bonds. The molecule has 184 valence electrons. The van der Waals surface area contributed by atoms with Crippen molar-refractivity contribution < 1.29 is 18.0 Å². The van der Waals surface area contributed by atoms with E-state index in [4.69, 9.17) is 11.6 Å². The van der Waals surface area contributed by atoms with Gasteiger partial charge in [0.1, 0.15) is 11.9 Å². The molecule has 0 aliphatic heterocycles. The van der Waals surface area contributed by atoms with E-state index in [0.29, 0.717) is 46.3 Å².